The van der Waals surface area contributed by atoms with Crippen LogP contribution < -0.4 is 5.32 Å². The van der Waals surface area contributed by atoms with E-state index in [1.54, 1.807) is 0 Å². The van der Waals surface area contributed by atoms with Gasteiger partial charge in [0.05, 0.1) is 11.3 Å². The average molecular weight is 312 g/mol. The molecule has 0 unspecified atom stereocenters. The Morgan fingerprint density at radius 2 is 2.04 bits per heavy atom. The minimum atomic E-state index is 0.0651. The number of imidazole rings is 1. The van der Waals surface area contributed by atoms with Gasteiger partial charge in [-0.2, -0.15) is 0 Å². The number of hydrogen-bond donors (Lipinski definition) is 1. The van der Waals surface area contributed by atoms with Crippen LogP contribution in [0.1, 0.15) is 58.6 Å². The predicted octanol–water partition coefficient (Wildman–Crippen LogP) is 2.69. The van der Waals surface area contributed by atoms with E-state index < -0.39 is 0 Å². The highest BCUT2D eigenvalue weighted by Crippen LogP contribution is 2.38. The van der Waals surface area contributed by atoms with Gasteiger partial charge in [-0.05, 0) is 46.1 Å². The topological polar surface area (TPSA) is 51.9 Å². The Labute approximate surface area is 136 Å². The fourth-order valence-corrected chi connectivity index (χ4v) is 3.87. The van der Waals surface area contributed by atoms with E-state index in [1.807, 2.05) is 13.0 Å². The Kier molecular flexibility index (Phi) is 3.32. The summed E-state index contributed by atoms with van der Waals surface area (Å²) in [6, 6.07) is 2.84. The summed E-state index contributed by atoms with van der Waals surface area (Å²) < 4.78 is 4.50. The molecule has 1 amide bonds. The predicted molar refractivity (Wildman–Crippen MR) is 88.7 cm³/mol. The van der Waals surface area contributed by atoms with E-state index in [9.17, 15) is 4.79 Å². The van der Waals surface area contributed by atoms with Crippen molar-refractivity contribution >= 4 is 5.91 Å². The average Bonchev–Trinajstić information content (AvgIpc) is 3.18. The van der Waals surface area contributed by atoms with Crippen LogP contribution in [0.5, 0.6) is 0 Å². The van der Waals surface area contributed by atoms with E-state index in [0.29, 0.717) is 6.04 Å². The zero-order chi connectivity index (χ0) is 16.1. The molecule has 2 aliphatic rings. The lowest BCUT2D eigenvalue weighted by Gasteiger charge is -2.24. The van der Waals surface area contributed by atoms with Crippen molar-refractivity contribution in [1.82, 2.24) is 19.4 Å². The van der Waals surface area contributed by atoms with Crippen molar-refractivity contribution in [3.8, 4) is 0 Å². The normalized spacial score (nSPS) is 20.4. The number of amides is 1. The molecule has 4 rings (SSSR count). The van der Waals surface area contributed by atoms with Gasteiger partial charge in [-0.25, -0.2) is 4.98 Å². The van der Waals surface area contributed by atoms with Crippen molar-refractivity contribution in [3.05, 3.63) is 40.7 Å². The van der Waals surface area contributed by atoms with Gasteiger partial charge in [-0.15, -0.1) is 0 Å². The van der Waals surface area contributed by atoms with Gasteiger partial charge in [-0.1, -0.05) is 0 Å². The summed E-state index contributed by atoms with van der Waals surface area (Å²) in [5.41, 5.74) is 4.20. The molecule has 2 aromatic rings. The number of aromatic nitrogens is 3. The molecule has 0 aromatic carbocycles. The van der Waals surface area contributed by atoms with Gasteiger partial charge in [0, 0.05) is 42.6 Å². The van der Waals surface area contributed by atoms with Crippen molar-refractivity contribution in [2.45, 2.75) is 65.1 Å². The van der Waals surface area contributed by atoms with E-state index in [1.165, 1.54) is 18.5 Å². The number of aryl methyl sites for hydroxylation is 3. The Hall–Kier alpha value is -2.04. The molecule has 0 saturated heterocycles. The third-order valence-electron chi connectivity index (χ3n) is 5.09. The number of carbonyl (C=O) groups is 1. The second kappa shape index (κ2) is 5.25. The van der Waals surface area contributed by atoms with Crippen LogP contribution in [0.3, 0.4) is 0 Å². The zero-order valence-electron chi connectivity index (χ0n) is 14.1. The van der Waals surface area contributed by atoms with E-state index >= 15 is 0 Å². The number of carbonyl (C=O) groups excluding carboxylic acids is 1. The highest BCUT2D eigenvalue weighted by molar-refractivity contribution is 5.96. The van der Waals surface area contributed by atoms with Crippen LogP contribution >= 0.6 is 0 Å². The van der Waals surface area contributed by atoms with Crippen LogP contribution in [0.4, 0.5) is 0 Å². The first-order valence-electron chi connectivity index (χ1n) is 8.55. The summed E-state index contributed by atoms with van der Waals surface area (Å²) in [5, 5.41) is 3.23. The zero-order valence-corrected chi connectivity index (χ0v) is 14.1. The van der Waals surface area contributed by atoms with Crippen molar-refractivity contribution < 1.29 is 4.79 Å². The molecular formula is C18H24N4O. The molecule has 122 valence electrons. The second-order valence-corrected chi connectivity index (χ2v) is 7.05. The van der Waals surface area contributed by atoms with E-state index in [4.69, 9.17) is 0 Å². The molecule has 2 aromatic heterocycles. The lowest BCUT2D eigenvalue weighted by atomic mass is 10.1. The molecule has 0 radical (unpaired) electrons. The third-order valence-corrected chi connectivity index (χ3v) is 5.09. The van der Waals surface area contributed by atoms with Gasteiger partial charge in [0.15, 0.2) is 0 Å². The minimum Gasteiger partial charge on any atom is -0.347 e. The number of nitrogens with one attached hydrogen (secondary N) is 1. The Morgan fingerprint density at radius 1 is 1.26 bits per heavy atom. The number of rotatable bonds is 3. The minimum absolute atomic E-state index is 0.0651. The van der Waals surface area contributed by atoms with Crippen molar-refractivity contribution in [3.63, 3.8) is 0 Å². The van der Waals surface area contributed by atoms with Crippen LogP contribution in [-0.4, -0.2) is 26.1 Å². The maximum Gasteiger partial charge on any atom is 0.253 e. The summed E-state index contributed by atoms with van der Waals surface area (Å²) in [6.45, 7) is 7.01. The van der Waals surface area contributed by atoms with Gasteiger partial charge >= 0.3 is 0 Å². The highest BCUT2D eigenvalue weighted by Gasteiger charge is 2.29. The van der Waals surface area contributed by atoms with Gasteiger partial charge in [0.25, 0.3) is 5.91 Å². The largest absolute Gasteiger partial charge is 0.347 e. The lowest BCUT2D eigenvalue weighted by molar-refractivity contribution is 0.0927. The molecule has 5 heteroatoms. The summed E-state index contributed by atoms with van der Waals surface area (Å²) in [6.07, 6.45) is 6.45. The molecule has 23 heavy (non-hydrogen) atoms. The van der Waals surface area contributed by atoms with Crippen molar-refractivity contribution in [2.75, 3.05) is 0 Å². The molecule has 5 nitrogen and oxygen atoms in total. The summed E-state index contributed by atoms with van der Waals surface area (Å²) in [5.74, 6) is 1.20. The van der Waals surface area contributed by atoms with Crippen LogP contribution in [0.15, 0.2) is 12.3 Å². The van der Waals surface area contributed by atoms with Crippen LogP contribution in [0, 0.1) is 20.8 Å². The second-order valence-electron chi connectivity index (χ2n) is 7.05. The summed E-state index contributed by atoms with van der Waals surface area (Å²) in [4.78, 5) is 17.2. The Bertz CT molecular complexity index is 766. The quantitative estimate of drug-likeness (QED) is 0.947. The van der Waals surface area contributed by atoms with E-state index in [-0.39, 0.29) is 11.9 Å². The summed E-state index contributed by atoms with van der Waals surface area (Å²) in [7, 11) is 0. The number of fused-ring (bicyclic) bond motifs is 1. The lowest BCUT2D eigenvalue weighted by Crippen LogP contribution is -2.41. The molecule has 1 aliphatic heterocycles. The fourth-order valence-electron chi connectivity index (χ4n) is 3.87. The van der Waals surface area contributed by atoms with Gasteiger partial charge in [0.2, 0.25) is 0 Å². The van der Waals surface area contributed by atoms with Gasteiger partial charge < -0.3 is 14.5 Å². The molecule has 1 fully saturated rings. The first-order chi connectivity index (χ1) is 11.0. The van der Waals surface area contributed by atoms with E-state index in [0.717, 1.165) is 42.2 Å². The summed E-state index contributed by atoms with van der Waals surface area (Å²) >= 11 is 0. The van der Waals surface area contributed by atoms with Gasteiger partial charge in [-0.3, -0.25) is 4.79 Å². The van der Waals surface area contributed by atoms with Crippen molar-refractivity contribution in [1.29, 1.82) is 0 Å². The molecule has 1 N–H and O–H groups in total. The molecule has 1 saturated carbocycles. The first kappa shape index (κ1) is 14.5. The Balaban J connectivity index is 1.49. The molecular weight excluding hydrogens is 288 g/mol. The highest BCUT2D eigenvalue weighted by atomic mass is 16.1. The molecule has 0 bridgehead atoms. The van der Waals surface area contributed by atoms with Crippen molar-refractivity contribution in [2.24, 2.45) is 0 Å². The van der Waals surface area contributed by atoms with Crippen LogP contribution in [0.2, 0.25) is 0 Å². The fraction of sp³-hybridized carbons (Fsp3) is 0.556. The smallest absolute Gasteiger partial charge is 0.253 e. The maximum absolute atomic E-state index is 12.7. The molecule has 0 spiro atoms. The molecule has 1 aliphatic carbocycles. The Morgan fingerprint density at radius 3 is 2.78 bits per heavy atom. The van der Waals surface area contributed by atoms with E-state index in [2.05, 4.69) is 39.5 Å². The molecule has 3 heterocycles. The SMILES string of the molecule is Cc1cn2c(n1)CC[C@@H](NC(=O)c1cc(C)n(C3CC3)c1C)C2. The van der Waals surface area contributed by atoms with Crippen LogP contribution in [0.25, 0.3) is 0 Å². The number of nitrogens with zero attached hydrogens (tertiary/aromatic N) is 3. The molecule has 1 atom stereocenters. The third kappa shape index (κ3) is 2.58. The monoisotopic (exact) mass is 312 g/mol. The maximum atomic E-state index is 12.7. The van der Waals surface area contributed by atoms with Gasteiger partial charge in [0.1, 0.15) is 5.82 Å². The standard InChI is InChI=1S/C18H24N4O/c1-11-9-21-10-14(4-7-17(21)19-11)20-18(23)16-8-12(2)22(13(16)3)15-5-6-15/h8-9,14-15H,4-7,10H2,1-3H3,(H,20,23)/t14-/m1/s1. The number of hydrogen-bond acceptors (Lipinski definition) is 2. The first-order valence-corrected chi connectivity index (χ1v) is 8.55. The van der Waals surface area contributed by atoms with Crippen LogP contribution in [-0.2, 0) is 13.0 Å².